The lowest BCUT2D eigenvalue weighted by Gasteiger charge is -2.14. The van der Waals surface area contributed by atoms with E-state index >= 15 is 0 Å². The zero-order valence-corrected chi connectivity index (χ0v) is 20.9. The van der Waals surface area contributed by atoms with Gasteiger partial charge < -0.3 is 10.1 Å². The summed E-state index contributed by atoms with van der Waals surface area (Å²) in [5.41, 5.74) is 2.24. The average Bonchev–Trinajstić information content (AvgIpc) is 3.18. The van der Waals surface area contributed by atoms with E-state index in [1.54, 1.807) is 54.6 Å². The number of carbonyl (C=O) groups is 5. The number of fused-ring (bicyclic) bond motifs is 1. The highest BCUT2D eigenvalue weighted by atomic mass is 16.5. The van der Waals surface area contributed by atoms with Gasteiger partial charge in [-0.1, -0.05) is 30.8 Å². The summed E-state index contributed by atoms with van der Waals surface area (Å²) in [6, 6.07) is 22.8. The Kier molecular flexibility index (Phi) is 6.60. The normalized spacial score (nSPS) is 13.1. The summed E-state index contributed by atoms with van der Waals surface area (Å²) in [4.78, 5) is 62.4. The number of hydrogen-bond acceptors (Lipinski definition) is 6. The zero-order chi connectivity index (χ0) is 27.7. The largest absolute Gasteiger partial charge is 0.423 e. The van der Waals surface area contributed by atoms with Gasteiger partial charge >= 0.3 is 5.97 Å². The highest BCUT2D eigenvalue weighted by Gasteiger charge is 2.33. The second kappa shape index (κ2) is 10.2. The molecule has 0 unspecified atom stereocenters. The average molecular weight is 519 g/mol. The Morgan fingerprint density at radius 3 is 2.10 bits per heavy atom. The predicted octanol–water partition coefficient (Wildman–Crippen LogP) is 5.33. The molecule has 0 aliphatic carbocycles. The van der Waals surface area contributed by atoms with E-state index in [0.717, 1.165) is 15.7 Å². The van der Waals surface area contributed by atoms with E-state index in [2.05, 4.69) is 11.9 Å². The fraction of sp³-hybridized carbons (Fsp3) is 0.0645. The quantitative estimate of drug-likeness (QED) is 0.121. The van der Waals surface area contributed by atoms with Crippen LogP contribution in [0, 0.1) is 0 Å². The molecule has 0 spiro atoms. The van der Waals surface area contributed by atoms with Crippen LogP contribution in [0.15, 0.2) is 97.1 Å². The molecule has 0 saturated carbocycles. The van der Waals surface area contributed by atoms with Crippen molar-refractivity contribution >= 4 is 51.6 Å². The minimum atomic E-state index is -0.569. The Bertz CT molecular complexity index is 1700. The van der Waals surface area contributed by atoms with E-state index in [0.29, 0.717) is 28.1 Å². The summed E-state index contributed by atoms with van der Waals surface area (Å²) in [5.74, 6) is -1.60. The molecule has 3 amide bonds. The van der Waals surface area contributed by atoms with Crippen molar-refractivity contribution in [1.29, 1.82) is 0 Å². The minimum Gasteiger partial charge on any atom is -0.423 e. The van der Waals surface area contributed by atoms with Gasteiger partial charge in [-0.2, -0.15) is 0 Å². The van der Waals surface area contributed by atoms with Crippen LogP contribution in [0.25, 0.3) is 10.8 Å². The molecule has 1 saturated heterocycles. The van der Waals surface area contributed by atoms with Gasteiger partial charge in [0.25, 0.3) is 11.8 Å². The highest BCUT2D eigenvalue weighted by molar-refractivity contribution is 6.28. The van der Waals surface area contributed by atoms with Crippen LogP contribution < -0.4 is 15.0 Å². The number of carbonyl (C=O) groups excluding carboxylic acids is 5. The molecule has 8 heteroatoms. The fourth-order valence-corrected chi connectivity index (χ4v) is 4.23. The second-order valence-electron chi connectivity index (χ2n) is 9.07. The van der Waals surface area contributed by atoms with E-state index < -0.39 is 17.8 Å². The van der Waals surface area contributed by atoms with Gasteiger partial charge in [0, 0.05) is 28.5 Å². The molecule has 4 aromatic carbocycles. The van der Waals surface area contributed by atoms with Crippen molar-refractivity contribution in [2.45, 2.75) is 13.3 Å². The number of amides is 3. The van der Waals surface area contributed by atoms with Gasteiger partial charge in [-0.05, 0) is 72.3 Å². The SMILES string of the molecule is C=C1CC(=O)N(c2ccc(C(=O)Nc3cccc(OC(=O)c4ccc5cc(C(C)=O)ccc5c4)c3)cc2)C1=O. The molecule has 8 nitrogen and oxygen atoms in total. The third-order valence-corrected chi connectivity index (χ3v) is 6.29. The first-order chi connectivity index (χ1) is 18.7. The molecule has 1 aliphatic heterocycles. The van der Waals surface area contributed by atoms with Gasteiger partial charge in [-0.15, -0.1) is 0 Å². The molecule has 0 aromatic heterocycles. The van der Waals surface area contributed by atoms with Crippen LogP contribution in [0.3, 0.4) is 0 Å². The Hall–Kier alpha value is -5.37. The lowest BCUT2D eigenvalue weighted by molar-refractivity contribution is -0.120. The number of nitrogens with zero attached hydrogens (tertiary/aromatic N) is 1. The Labute approximate surface area is 223 Å². The van der Waals surface area contributed by atoms with Crippen molar-refractivity contribution in [2.24, 2.45) is 0 Å². The summed E-state index contributed by atoms with van der Waals surface area (Å²) >= 11 is 0. The maximum atomic E-state index is 12.8. The molecule has 0 radical (unpaired) electrons. The van der Waals surface area contributed by atoms with Crippen molar-refractivity contribution in [1.82, 2.24) is 0 Å². The number of benzene rings is 4. The van der Waals surface area contributed by atoms with E-state index in [1.165, 1.54) is 37.3 Å². The molecule has 192 valence electrons. The van der Waals surface area contributed by atoms with Gasteiger partial charge in [0.1, 0.15) is 5.75 Å². The van der Waals surface area contributed by atoms with Crippen LogP contribution in [-0.4, -0.2) is 29.5 Å². The van der Waals surface area contributed by atoms with Gasteiger partial charge in [0.05, 0.1) is 17.7 Å². The molecule has 5 rings (SSSR count). The van der Waals surface area contributed by atoms with Crippen LogP contribution in [-0.2, 0) is 9.59 Å². The van der Waals surface area contributed by atoms with Gasteiger partial charge in [-0.3, -0.25) is 19.2 Å². The lowest BCUT2D eigenvalue weighted by Crippen LogP contribution is -2.28. The van der Waals surface area contributed by atoms with E-state index in [9.17, 15) is 24.0 Å². The van der Waals surface area contributed by atoms with Crippen LogP contribution in [0.5, 0.6) is 5.75 Å². The summed E-state index contributed by atoms with van der Waals surface area (Å²) in [5, 5.41) is 4.37. The lowest BCUT2D eigenvalue weighted by atomic mass is 10.0. The number of imide groups is 1. The van der Waals surface area contributed by atoms with Crippen molar-refractivity contribution in [3.63, 3.8) is 0 Å². The summed E-state index contributed by atoms with van der Waals surface area (Å²) < 4.78 is 5.52. The molecule has 1 heterocycles. The highest BCUT2D eigenvalue weighted by Crippen LogP contribution is 2.26. The Balaban J connectivity index is 1.26. The number of esters is 1. The zero-order valence-electron chi connectivity index (χ0n) is 20.9. The minimum absolute atomic E-state index is 0.0230. The molecule has 4 aromatic rings. The second-order valence-corrected chi connectivity index (χ2v) is 9.07. The topological polar surface area (TPSA) is 110 Å². The molecule has 0 atom stereocenters. The van der Waals surface area contributed by atoms with Crippen molar-refractivity contribution < 1.29 is 28.7 Å². The first kappa shape index (κ1) is 25.3. The van der Waals surface area contributed by atoms with Crippen LogP contribution in [0.1, 0.15) is 44.4 Å². The Morgan fingerprint density at radius 2 is 1.46 bits per heavy atom. The molecular weight excluding hydrogens is 496 g/mol. The van der Waals surface area contributed by atoms with E-state index in [4.69, 9.17) is 4.74 Å². The number of rotatable bonds is 6. The van der Waals surface area contributed by atoms with Crippen LogP contribution >= 0.6 is 0 Å². The first-order valence-electron chi connectivity index (χ1n) is 12.0. The number of nitrogens with one attached hydrogen (secondary N) is 1. The number of ketones is 1. The standard InChI is InChI=1S/C31H22N2O6/c1-18-14-28(35)33(30(18)37)26-12-10-20(11-13-26)29(36)32-25-4-3-5-27(17-25)39-31(38)24-9-8-22-15-21(19(2)34)6-7-23(22)16-24/h3-13,15-17H,1,14H2,2H3,(H,32,36). The van der Waals surface area contributed by atoms with Crippen LogP contribution in [0.2, 0.25) is 0 Å². The number of hydrogen-bond donors (Lipinski definition) is 1. The predicted molar refractivity (Wildman–Crippen MR) is 146 cm³/mol. The maximum Gasteiger partial charge on any atom is 0.343 e. The van der Waals surface area contributed by atoms with Gasteiger partial charge in [0.2, 0.25) is 5.91 Å². The van der Waals surface area contributed by atoms with Gasteiger partial charge in [0.15, 0.2) is 5.78 Å². The fourth-order valence-electron chi connectivity index (χ4n) is 4.23. The van der Waals surface area contributed by atoms with Crippen LogP contribution in [0.4, 0.5) is 11.4 Å². The summed E-state index contributed by atoms with van der Waals surface area (Å²) in [7, 11) is 0. The van der Waals surface area contributed by atoms with E-state index in [1.807, 2.05) is 0 Å². The first-order valence-corrected chi connectivity index (χ1v) is 12.0. The number of ether oxygens (including phenoxy) is 1. The Morgan fingerprint density at radius 1 is 0.821 bits per heavy atom. The molecule has 1 N–H and O–H groups in total. The third-order valence-electron chi connectivity index (χ3n) is 6.29. The van der Waals surface area contributed by atoms with Gasteiger partial charge in [-0.25, -0.2) is 9.69 Å². The molecule has 0 bridgehead atoms. The molecule has 39 heavy (non-hydrogen) atoms. The smallest absolute Gasteiger partial charge is 0.343 e. The maximum absolute atomic E-state index is 12.8. The summed E-state index contributed by atoms with van der Waals surface area (Å²) in [6.45, 7) is 5.10. The molecule has 1 aliphatic rings. The number of Topliss-reactive ketones (excluding diaryl/α,β-unsaturated/α-hetero) is 1. The van der Waals surface area contributed by atoms with Crippen molar-refractivity contribution in [3.05, 3.63) is 114 Å². The third kappa shape index (κ3) is 5.21. The molecule has 1 fully saturated rings. The molecular formula is C31H22N2O6. The number of anilines is 2. The van der Waals surface area contributed by atoms with Crippen molar-refractivity contribution in [3.8, 4) is 5.75 Å². The van der Waals surface area contributed by atoms with E-state index in [-0.39, 0.29) is 29.4 Å². The monoisotopic (exact) mass is 518 g/mol. The van der Waals surface area contributed by atoms with Crippen molar-refractivity contribution in [2.75, 3.05) is 10.2 Å². The summed E-state index contributed by atoms with van der Waals surface area (Å²) in [6.07, 6.45) is -0.0230.